The number of carbonyl (C=O) groups is 2. The van der Waals surface area contributed by atoms with E-state index >= 15 is 0 Å². The molecule has 1 aliphatic carbocycles. The Kier molecular flexibility index (Phi) is 6.08. The van der Waals surface area contributed by atoms with Crippen LogP contribution in [0.1, 0.15) is 62.1 Å². The fourth-order valence-electron chi connectivity index (χ4n) is 4.78. The van der Waals surface area contributed by atoms with Gasteiger partial charge in [-0.05, 0) is 53.3 Å². The van der Waals surface area contributed by atoms with Gasteiger partial charge in [0.2, 0.25) is 0 Å². The molecule has 0 unspecified atom stereocenters. The van der Waals surface area contributed by atoms with E-state index in [2.05, 4.69) is 42.0 Å². The molecule has 0 fully saturated rings. The molecule has 3 heterocycles. The van der Waals surface area contributed by atoms with Crippen LogP contribution < -0.4 is 15.4 Å². The number of amides is 2. The molecule has 1 aliphatic heterocycles. The highest BCUT2D eigenvalue weighted by atomic mass is 16.5. The second-order valence-electron chi connectivity index (χ2n) is 9.06. The van der Waals surface area contributed by atoms with Crippen LogP contribution in [0, 0.1) is 0 Å². The maximum Gasteiger partial charge on any atom is 0.270 e. The molecule has 2 aromatic heterocycles. The Balaban J connectivity index is 1.20. The predicted octanol–water partition coefficient (Wildman–Crippen LogP) is 2.66. The van der Waals surface area contributed by atoms with Crippen molar-refractivity contribution in [1.29, 1.82) is 0 Å². The lowest BCUT2D eigenvalue weighted by Crippen LogP contribution is -2.30. The fourth-order valence-corrected chi connectivity index (χ4v) is 4.78. The number of aryl methyl sites for hydroxylation is 1. The van der Waals surface area contributed by atoms with Gasteiger partial charge in [-0.25, -0.2) is 4.98 Å². The number of rotatable bonds is 7. The summed E-state index contributed by atoms with van der Waals surface area (Å²) in [5.74, 6) is 0.0788. The molecule has 4 aromatic rings. The standard InChI is InChI=1S/C27H24N8O3/c1-38-19-4-2-3-16(11-19)14-28-25(36)23-13-24(35-27(33-23)29-15-31-35)26(37)32-22-8-6-17-12-18(5-7-20(17)22)21-9-10-30-34-21/h2-5,7,10-13,15,22H,6,8-9,14H2,1H3,(H,28,36)(H,32,37)/t22-/m0/s1. The number of methoxy groups -OCH3 is 1. The number of ether oxygens (including phenoxy) is 1. The number of aromatic nitrogens is 4. The van der Waals surface area contributed by atoms with Gasteiger partial charge in [-0.3, -0.25) is 9.59 Å². The van der Waals surface area contributed by atoms with Crippen LogP contribution in [0.2, 0.25) is 0 Å². The number of benzene rings is 2. The lowest BCUT2D eigenvalue weighted by Gasteiger charge is -2.15. The van der Waals surface area contributed by atoms with E-state index in [9.17, 15) is 9.59 Å². The largest absolute Gasteiger partial charge is 0.497 e. The first-order valence-electron chi connectivity index (χ1n) is 12.2. The minimum Gasteiger partial charge on any atom is -0.497 e. The van der Waals surface area contributed by atoms with Crippen molar-refractivity contribution < 1.29 is 14.3 Å². The molecule has 190 valence electrons. The second kappa shape index (κ2) is 9.85. The number of nitrogens with one attached hydrogen (secondary N) is 2. The van der Waals surface area contributed by atoms with Gasteiger partial charge in [0.15, 0.2) is 0 Å². The second-order valence-corrected chi connectivity index (χ2v) is 9.06. The summed E-state index contributed by atoms with van der Waals surface area (Å²) in [5, 5.41) is 18.2. The van der Waals surface area contributed by atoms with Gasteiger partial charge in [0.1, 0.15) is 23.5 Å². The third-order valence-electron chi connectivity index (χ3n) is 6.71. The molecule has 11 nitrogen and oxygen atoms in total. The van der Waals surface area contributed by atoms with Crippen molar-refractivity contribution in [3.05, 3.63) is 88.5 Å². The summed E-state index contributed by atoms with van der Waals surface area (Å²) in [4.78, 5) is 34.8. The summed E-state index contributed by atoms with van der Waals surface area (Å²) in [7, 11) is 1.59. The van der Waals surface area contributed by atoms with E-state index < -0.39 is 5.91 Å². The molecule has 0 bridgehead atoms. The summed E-state index contributed by atoms with van der Waals surface area (Å²) in [6.07, 6.45) is 5.43. The summed E-state index contributed by atoms with van der Waals surface area (Å²) < 4.78 is 6.57. The molecule has 2 aliphatic rings. The van der Waals surface area contributed by atoms with E-state index in [4.69, 9.17) is 4.74 Å². The molecule has 2 aromatic carbocycles. The highest BCUT2D eigenvalue weighted by Crippen LogP contribution is 2.32. The zero-order chi connectivity index (χ0) is 26.1. The van der Waals surface area contributed by atoms with Gasteiger partial charge < -0.3 is 15.4 Å². The summed E-state index contributed by atoms with van der Waals surface area (Å²) in [5.41, 5.74) is 5.38. The van der Waals surface area contributed by atoms with E-state index in [1.54, 1.807) is 13.3 Å². The molecule has 0 radical (unpaired) electrons. The molecule has 0 saturated heterocycles. The summed E-state index contributed by atoms with van der Waals surface area (Å²) in [6, 6.07) is 14.9. The Morgan fingerprint density at radius 1 is 1.13 bits per heavy atom. The molecule has 0 saturated carbocycles. The first-order valence-corrected chi connectivity index (χ1v) is 12.2. The number of carbonyl (C=O) groups excluding carboxylic acids is 2. The normalized spacial score (nSPS) is 15.8. The van der Waals surface area contributed by atoms with E-state index in [-0.39, 0.29) is 35.7 Å². The first-order chi connectivity index (χ1) is 18.6. The molecule has 1 atom stereocenters. The van der Waals surface area contributed by atoms with Crippen molar-refractivity contribution in [3.8, 4) is 5.75 Å². The van der Waals surface area contributed by atoms with Crippen molar-refractivity contribution in [1.82, 2.24) is 30.2 Å². The van der Waals surface area contributed by atoms with Crippen LogP contribution in [0.25, 0.3) is 5.78 Å². The maximum absolute atomic E-state index is 13.4. The average Bonchev–Trinajstić information content (AvgIpc) is 3.72. The SMILES string of the molecule is COc1cccc(CNC(=O)c2cc(C(=O)N[C@H]3CCc4cc(C5=NN=CC5)ccc43)n3ncnc3n2)c1. The lowest BCUT2D eigenvalue weighted by atomic mass is 10.0. The molecular weight excluding hydrogens is 484 g/mol. The Morgan fingerprint density at radius 2 is 2.05 bits per heavy atom. The van der Waals surface area contributed by atoms with Crippen LogP contribution >= 0.6 is 0 Å². The van der Waals surface area contributed by atoms with Crippen molar-refractivity contribution in [3.63, 3.8) is 0 Å². The van der Waals surface area contributed by atoms with Crippen LogP contribution in [-0.4, -0.2) is 50.4 Å². The van der Waals surface area contributed by atoms with Crippen LogP contribution in [-0.2, 0) is 13.0 Å². The monoisotopic (exact) mass is 508 g/mol. The smallest absolute Gasteiger partial charge is 0.270 e. The Morgan fingerprint density at radius 3 is 2.89 bits per heavy atom. The number of nitrogens with zero attached hydrogens (tertiary/aromatic N) is 6. The van der Waals surface area contributed by atoms with E-state index in [1.807, 2.05) is 36.4 Å². The van der Waals surface area contributed by atoms with E-state index in [0.29, 0.717) is 5.75 Å². The van der Waals surface area contributed by atoms with Gasteiger partial charge in [-0.15, -0.1) is 0 Å². The van der Waals surface area contributed by atoms with Crippen molar-refractivity contribution in [2.75, 3.05) is 7.11 Å². The average molecular weight is 509 g/mol. The molecular formula is C27H24N8O3. The Bertz CT molecular complexity index is 1620. The molecule has 2 N–H and O–H groups in total. The van der Waals surface area contributed by atoms with Crippen LogP contribution in [0.15, 0.2) is 65.1 Å². The third kappa shape index (κ3) is 4.49. The third-order valence-corrected chi connectivity index (χ3v) is 6.71. The lowest BCUT2D eigenvalue weighted by molar-refractivity contribution is 0.0929. The van der Waals surface area contributed by atoms with Crippen molar-refractivity contribution >= 4 is 29.5 Å². The zero-order valence-corrected chi connectivity index (χ0v) is 20.6. The van der Waals surface area contributed by atoms with Crippen molar-refractivity contribution in [2.24, 2.45) is 10.2 Å². The van der Waals surface area contributed by atoms with Crippen molar-refractivity contribution in [2.45, 2.75) is 31.8 Å². The Hall–Kier alpha value is -4.93. The van der Waals surface area contributed by atoms with Crippen LogP contribution in [0.5, 0.6) is 5.75 Å². The van der Waals surface area contributed by atoms with Gasteiger partial charge in [0, 0.05) is 25.2 Å². The molecule has 6 rings (SSSR count). The first kappa shape index (κ1) is 23.5. The Labute approximate surface area is 217 Å². The zero-order valence-electron chi connectivity index (χ0n) is 20.6. The number of hydrogen-bond donors (Lipinski definition) is 2. The fraction of sp³-hybridized carbons (Fsp3) is 0.222. The maximum atomic E-state index is 13.4. The van der Waals surface area contributed by atoms with Gasteiger partial charge >= 0.3 is 0 Å². The number of hydrogen-bond acceptors (Lipinski definition) is 8. The van der Waals surface area contributed by atoms with E-state index in [1.165, 1.54) is 22.5 Å². The summed E-state index contributed by atoms with van der Waals surface area (Å²) >= 11 is 0. The van der Waals surface area contributed by atoms with Crippen LogP contribution in [0.4, 0.5) is 0 Å². The highest BCUT2D eigenvalue weighted by molar-refractivity contribution is 6.09. The molecule has 0 spiro atoms. The molecule has 11 heteroatoms. The topological polar surface area (TPSA) is 135 Å². The quantitative estimate of drug-likeness (QED) is 0.394. The molecule has 2 amide bonds. The predicted molar refractivity (Wildman–Crippen MR) is 140 cm³/mol. The highest BCUT2D eigenvalue weighted by Gasteiger charge is 2.27. The minimum atomic E-state index is -0.426. The summed E-state index contributed by atoms with van der Waals surface area (Å²) in [6.45, 7) is 0.274. The van der Waals surface area contributed by atoms with Gasteiger partial charge in [-0.2, -0.15) is 24.8 Å². The van der Waals surface area contributed by atoms with Gasteiger partial charge in [0.25, 0.3) is 17.6 Å². The van der Waals surface area contributed by atoms with Gasteiger partial charge in [0.05, 0.1) is 18.9 Å². The molecule has 38 heavy (non-hydrogen) atoms. The van der Waals surface area contributed by atoms with Crippen LogP contribution in [0.3, 0.4) is 0 Å². The number of fused-ring (bicyclic) bond motifs is 2. The minimum absolute atomic E-state index is 0.0783. The van der Waals surface area contributed by atoms with E-state index in [0.717, 1.165) is 41.7 Å². The van der Waals surface area contributed by atoms with Gasteiger partial charge in [-0.1, -0.05) is 24.3 Å².